The lowest BCUT2D eigenvalue weighted by molar-refractivity contribution is 0.333. The molecule has 112 valence electrons. The number of rotatable bonds is 4. The molecule has 0 aromatic carbocycles. The van der Waals surface area contributed by atoms with Crippen LogP contribution in [-0.2, 0) is 19.9 Å². The zero-order valence-electron chi connectivity index (χ0n) is 11.1. The summed E-state index contributed by atoms with van der Waals surface area (Å²) < 4.78 is 50.6. The van der Waals surface area contributed by atoms with E-state index in [2.05, 4.69) is 0 Å². The minimum absolute atomic E-state index is 0.0132. The third-order valence-corrected chi connectivity index (χ3v) is 8.95. The number of sulfone groups is 1. The lowest BCUT2D eigenvalue weighted by atomic mass is 10.2. The first-order valence-electron chi connectivity index (χ1n) is 6.60. The highest BCUT2D eigenvalue weighted by molar-refractivity contribution is 7.92. The minimum Gasteiger partial charge on any atom is -0.229 e. The quantitative estimate of drug-likeness (QED) is 0.834. The second-order valence-electron chi connectivity index (χ2n) is 5.49. The first-order valence-corrected chi connectivity index (χ1v) is 10.7. The molecule has 2 fully saturated rings. The van der Waals surface area contributed by atoms with Crippen LogP contribution in [0.25, 0.3) is 0 Å². The average molecular weight is 335 g/mol. The highest BCUT2D eigenvalue weighted by Gasteiger charge is 2.46. The molecule has 8 heteroatoms. The Balaban J connectivity index is 1.95. The molecule has 1 aromatic rings. The summed E-state index contributed by atoms with van der Waals surface area (Å²) in [4.78, 5) is 0.943. The third kappa shape index (κ3) is 2.66. The fourth-order valence-corrected chi connectivity index (χ4v) is 7.74. The summed E-state index contributed by atoms with van der Waals surface area (Å²) in [5, 5.41) is 0. The van der Waals surface area contributed by atoms with E-state index in [0.717, 1.165) is 17.7 Å². The number of hydrogen-bond acceptors (Lipinski definition) is 5. The summed E-state index contributed by atoms with van der Waals surface area (Å²) in [7, 11) is -6.65. The smallest absolute Gasteiger partial charge is 0.229 e. The Morgan fingerprint density at radius 1 is 1.20 bits per heavy atom. The Bertz CT molecular complexity index is 716. The van der Waals surface area contributed by atoms with Gasteiger partial charge in [0.15, 0.2) is 9.84 Å². The molecule has 20 heavy (non-hydrogen) atoms. The molecule has 1 saturated heterocycles. The van der Waals surface area contributed by atoms with Crippen LogP contribution in [0.3, 0.4) is 0 Å². The monoisotopic (exact) mass is 335 g/mol. The predicted molar refractivity (Wildman–Crippen MR) is 78.2 cm³/mol. The van der Waals surface area contributed by atoms with Crippen LogP contribution >= 0.6 is 11.3 Å². The van der Waals surface area contributed by atoms with E-state index < -0.39 is 19.9 Å². The SMILES string of the molecule is Cc1ccc(S(=O)(=O)N(C2CC2)C2CCS(=O)(=O)C2)s1. The molecular weight excluding hydrogens is 318 g/mol. The standard InChI is InChI=1S/C12H17NO4S3/c1-9-2-5-12(18-9)20(16,17)13(10-3-4-10)11-6-7-19(14,15)8-11/h2,5,10-11H,3-4,6-8H2,1H3. The average Bonchev–Trinajstić information content (AvgIpc) is 2.94. The van der Waals surface area contributed by atoms with Gasteiger partial charge in [0.25, 0.3) is 10.0 Å². The molecule has 1 atom stereocenters. The third-order valence-electron chi connectivity index (χ3n) is 3.72. The first-order chi connectivity index (χ1) is 9.29. The normalized spacial score (nSPS) is 26.2. The second-order valence-corrected chi connectivity index (χ2v) is 11.1. The lowest BCUT2D eigenvalue weighted by Crippen LogP contribution is -2.42. The van der Waals surface area contributed by atoms with E-state index >= 15 is 0 Å². The van der Waals surface area contributed by atoms with Crippen LogP contribution in [0.1, 0.15) is 24.1 Å². The van der Waals surface area contributed by atoms with Gasteiger partial charge in [0.2, 0.25) is 0 Å². The van der Waals surface area contributed by atoms with E-state index in [1.54, 1.807) is 12.1 Å². The van der Waals surface area contributed by atoms with Gasteiger partial charge in [0.05, 0.1) is 11.5 Å². The van der Waals surface area contributed by atoms with Crippen LogP contribution in [0.15, 0.2) is 16.3 Å². The van der Waals surface area contributed by atoms with Crippen molar-refractivity contribution < 1.29 is 16.8 Å². The van der Waals surface area contributed by atoms with Crippen LogP contribution in [0.4, 0.5) is 0 Å². The number of thiophene rings is 1. The topological polar surface area (TPSA) is 71.5 Å². The van der Waals surface area contributed by atoms with Crippen LogP contribution in [-0.4, -0.2) is 44.7 Å². The molecule has 0 amide bonds. The zero-order valence-corrected chi connectivity index (χ0v) is 13.6. The van der Waals surface area contributed by atoms with Crippen molar-refractivity contribution in [1.29, 1.82) is 0 Å². The molecule has 5 nitrogen and oxygen atoms in total. The molecule has 1 aromatic heterocycles. The highest BCUT2D eigenvalue weighted by Crippen LogP contribution is 2.38. The van der Waals surface area contributed by atoms with E-state index in [9.17, 15) is 16.8 Å². The molecule has 1 aliphatic carbocycles. The number of aryl methyl sites for hydroxylation is 1. The van der Waals surface area contributed by atoms with Gasteiger partial charge in [0.1, 0.15) is 4.21 Å². The first kappa shape index (κ1) is 14.5. The van der Waals surface area contributed by atoms with Gasteiger partial charge < -0.3 is 0 Å². The number of sulfonamides is 1. The second kappa shape index (κ2) is 4.79. The van der Waals surface area contributed by atoms with Crippen LogP contribution in [0, 0.1) is 6.92 Å². The summed E-state index contributed by atoms with van der Waals surface area (Å²) in [6.07, 6.45) is 2.09. The van der Waals surface area contributed by atoms with Crippen molar-refractivity contribution in [3.05, 3.63) is 17.0 Å². The van der Waals surface area contributed by atoms with E-state index in [1.807, 2.05) is 6.92 Å². The fourth-order valence-electron chi connectivity index (χ4n) is 2.65. The van der Waals surface area contributed by atoms with Crippen molar-refractivity contribution in [2.24, 2.45) is 0 Å². The molecule has 1 saturated carbocycles. The van der Waals surface area contributed by atoms with Gasteiger partial charge in [-0.25, -0.2) is 16.8 Å². The molecule has 0 bridgehead atoms. The molecular formula is C12H17NO4S3. The fraction of sp³-hybridized carbons (Fsp3) is 0.667. The Labute approximate surface area is 123 Å². The summed E-state index contributed by atoms with van der Waals surface area (Å²) in [5.74, 6) is 0.0625. The van der Waals surface area contributed by atoms with Gasteiger partial charge in [-0.2, -0.15) is 4.31 Å². The van der Waals surface area contributed by atoms with E-state index in [0.29, 0.717) is 10.6 Å². The largest absolute Gasteiger partial charge is 0.253 e. The Morgan fingerprint density at radius 2 is 1.90 bits per heavy atom. The minimum atomic E-state index is -3.56. The van der Waals surface area contributed by atoms with Gasteiger partial charge in [-0.1, -0.05) is 0 Å². The van der Waals surface area contributed by atoms with Crippen molar-refractivity contribution in [1.82, 2.24) is 4.31 Å². The van der Waals surface area contributed by atoms with Crippen molar-refractivity contribution >= 4 is 31.2 Å². The van der Waals surface area contributed by atoms with Gasteiger partial charge in [-0.3, -0.25) is 0 Å². The zero-order chi connectivity index (χ0) is 14.5. The van der Waals surface area contributed by atoms with Crippen molar-refractivity contribution in [3.63, 3.8) is 0 Å². The van der Waals surface area contributed by atoms with Gasteiger partial charge in [-0.15, -0.1) is 11.3 Å². The molecule has 0 radical (unpaired) electrons. The highest BCUT2D eigenvalue weighted by atomic mass is 32.2. The summed E-state index contributed by atoms with van der Waals surface area (Å²) in [6.45, 7) is 1.87. The number of hydrogen-bond donors (Lipinski definition) is 0. The van der Waals surface area contributed by atoms with Gasteiger partial charge in [-0.05, 0) is 38.3 Å². The lowest BCUT2D eigenvalue weighted by Gasteiger charge is -2.26. The van der Waals surface area contributed by atoms with Crippen molar-refractivity contribution in [2.75, 3.05) is 11.5 Å². The van der Waals surface area contributed by atoms with Crippen LogP contribution in [0.5, 0.6) is 0 Å². The van der Waals surface area contributed by atoms with E-state index in [4.69, 9.17) is 0 Å². The van der Waals surface area contributed by atoms with Crippen LogP contribution in [0.2, 0.25) is 0 Å². The maximum Gasteiger partial charge on any atom is 0.253 e. The Kier molecular flexibility index (Phi) is 3.47. The molecule has 0 N–H and O–H groups in total. The predicted octanol–water partition coefficient (Wildman–Crippen LogP) is 1.40. The number of nitrogens with zero attached hydrogens (tertiary/aromatic N) is 1. The van der Waals surface area contributed by atoms with Gasteiger partial charge >= 0.3 is 0 Å². The van der Waals surface area contributed by atoms with Crippen LogP contribution < -0.4 is 0 Å². The Hall–Kier alpha value is -0.440. The molecule has 1 unspecified atom stereocenters. The summed E-state index contributed by atoms with van der Waals surface area (Å²) in [6, 6.07) is 3.00. The molecule has 1 aliphatic heterocycles. The van der Waals surface area contributed by atoms with E-state index in [-0.39, 0.29) is 23.6 Å². The molecule has 3 rings (SSSR count). The molecule has 2 aliphatic rings. The van der Waals surface area contributed by atoms with Gasteiger partial charge in [0, 0.05) is 17.0 Å². The maximum atomic E-state index is 12.8. The molecule has 2 heterocycles. The van der Waals surface area contributed by atoms with Crippen molar-refractivity contribution in [3.8, 4) is 0 Å². The van der Waals surface area contributed by atoms with E-state index in [1.165, 1.54) is 15.6 Å². The summed E-state index contributed by atoms with van der Waals surface area (Å²) in [5.41, 5.74) is 0. The van der Waals surface area contributed by atoms with Crippen molar-refractivity contribution in [2.45, 2.75) is 42.5 Å². The maximum absolute atomic E-state index is 12.8. The summed E-state index contributed by atoms with van der Waals surface area (Å²) >= 11 is 1.25. The molecule has 0 spiro atoms. The Morgan fingerprint density at radius 3 is 2.35 bits per heavy atom.